The van der Waals surface area contributed by atoms with Crippen LogP contribution in [-0.2, 0) is 11.2 Å². The predicted molar refractivity (Wildman–Crippen MR) is 149 cm³/mol. The molecule has 0 bridgehead atoms. The maximum atomic E-state index is 13.5. The van der Waals surface area contributed by atoms with Crippen LogP contribution in [0.25, 0.3) is 10.9 Å². The van der Waals surface area contributed by atoms with Gasteiger partial charge in [0.25, 0.3) is 0 Å². The van der Waals surface area contributed by atoms with E-state index in [9.17, 15) is 4.79 Å². The van der Waals surface area contributed by atoms with Crippen LogP contribution in [0.15, 0.2) is 54.7 Å². The van der Waals surface area contributed by atoms with Crippen molar-refractivity contribution in [3.63, 3.8) is 0 Å². The molecule has 1 N–H and O–H groups in total. The van der Waals surface area contributed by atoms with Crippen molar-refractivity contribution >= 4 is 22.5 Å². The van der Waals surface area contributed by atoms with E-state index in [0.29, 0.717) is 6.54 Å². The van der Waals surface area contributed by atoms with E-state index in [2.05, 4.69) is 64.0 Å². The van der Waals surface area contributed by atoms with E-state index >= 15 is 0 Å². The van der Waals surface area contributed by atoms with E-state index in [0.717, 1.165) is 81.8 Å². The van der Waals surface area contributed by atoms with Gasteiger partial charge in [-0.2, -0.15) is 0 Å². The summed E-state index contributed by atoms with van der Waals surface area (Å²) in [6.07, 6.45) is 7.40. The quantitative estimate of drug-likeness (QED) is 0.372. The third-order valence-corrected chi connectivity index (χ3v) is 7.48. The zero-order valence-corrected chi connectivity index (χ0v) is 22.2. The molecule has 0 saturated carbocycles. The number of aromatic nitrogens is 1. The van der Waals surface area contributed by atoms with Crippen molar-refractivity contribution in [2.45, 2.75) is 52.0 Å². The Kier molecular flexibility index (Phi) is 9.42. The molecule has 1 unspecified atom stereocenters. The van der Waals surface area contributed by atoms with E-state index in [1.807, 2.05) is 24.3 Å². The highest BCUT2D eigenvalue weighted by atomic mass is 16.5. The van der Waals surface area contributed by atoms with Gasteiger partial charge in [-0.3, -0.25) is 9.69 Å². The molecule has 1 aliphatic rings. The summed E-state index contributed by atoms with van der Waals surface area (Å²) in [4.78, 5) is 23.8. The highest BCUT2D eigenvalue weighted by molar-refractivity contribution is 5.95. The fourth-order valence-electron chi connectivity index (χ4n) is 5.42. The largest absolute Gasteiger partial charge is 0.497 e. The maximum absolute atomic E-state index is 13.5. The van der Waals surface area contributed by atoms with E-state index in [1.165, 1.54) is 10.9 Å². The van der Waals surface area contributed by atoms with Crippen molar-refractivity contribution in [3.8, 4) is 5.75 Å². The van der Waals surface area contributed by atoms with Gasteiger partial charge in [0.1, 0.15) is 5.75 Å². The van der Waals surface area contributed by atoms with Gasteiger partial charge < -0.3 is 19.5 Å². The van der Waals surface area contributed by atoms with Crippen LogP contribution in [0.4, 0.5) is 5.69 Å². The highest BCUT2D eigenvalue weighted by Gasteiger charge is 2.26. The van der Waals surface area contributed by atoms with Crippen molar-refractivity contribution in [1.29, 1.82) is 0 Å². The number of rotatable bonds is 12. The van der Waals surface area contributed by atoms with Crippen LogP contribution < -0.4 is 9.64 Å². The second kappa shape index (κ2) is 12.9. The highest BCUT2D eigenvalue weighted by Crippen LogP contribution is 2.25. The summed E-state index contributed by atoms with van der Waals surface area (Å²) < 4.78 is 5.40. The minimum atomic E-state index is 0.227. The summed E-state index contributed by atoms with van der Waals surface area (Å²) in [6.45, 7) is 9.91. The number of anilines is 1. The van der Waals surface area contributed by atoms with Gasteiger partial charge in [-0.25, -0.2) is 0 Å². The zero-order chi connectivity index (χ0) is 25.3. The molecule has 0 aliphatic carbocycles. The van der Waals surface area contributed by atoms with Gasteiger partial charge in [-0.1, -0.05) is 38.5 Å². The van der Waals surface area contributed by atoms with E-state index < -0.39 is 0 Å². The van der Waals surface area contributed by atoms with Crippen LogP contribution >= 0.6 is 0 Å². The number of hydrogen-bond donors (Lipinski definition) is 1. The second-order valence-corrected chi connectivity index (χ2v) is 9.90. The summed E-state index contributed by atoms with van der Waals surface area (Å²) in [7, 11) is 1.72. The maximum Gasteiger partial charge on any atom is 0.241 e. The van der Waals surface area contributed by atoms with Crippen LogP contribution in [0.3, 0.4) is 0 Å². The number of nitrogens with zero attached hydrogens (tertiary/aromatic N) is 3. The second-order valence-electron chi connectivity index (χ2n) is 9.90. The van der Waals surface area contributed by atoms with Crippen LogP contribution in [-0.4, -0.2) is 73.1 Å². The molecule has 1 fully saturated rings. The monoisotopic (exact) mass is 490 g/mol. The van der Waals surface area contributed by atoms with Gasteiger partial charge in [0.15, 0.2) is 0 Å². The van der Waals surface area contributed by atoms with Gasteiger partial charge in [-0.05, 0) is 68.1 Å². The first-order valence-electron chi connectivity index (χ1n) is 13.6. The van der Waals surface area contributed by atoms with E-state index in [4.69, 9.17) is 4.74 Å². The van der Waals surface area contributed by atoms with E-state index in [1.54, 1.807) is 7.11 Å². The molecule has 36 heavy (non-hydrogen) atoms. The summed E-state index contributed by atoms with van der Waals surface area (Å²) in [5.41, 5.74) is 3.54. The molecular formula is C30H42N4O2. The fourth-order valence-corrected chi connectivity index (χ4v) is 5.42. The molecule has 2 heterocycles. The first kappa shape index (κ1) is 26.2. The van der Waals surface area contributed by atoms with Gasteiger partial charge in [0, 0.05) is 55.0 Å². The molecule has 1 saturated heterocycles. The number of methoxy groups -OCH3 is 1. The van der Waals surface area contributed by atoms with Crippen LogP contribution in [0, 0.1) is 0 Å². The topological polar surface area (TPSA) is 51.8 Å². The number of nitrogens with one attached hydrogen (secondary N) is 1. The van der Waals surface area contributed by atoms with Gasteiger partial charge in [0.2, 0.25) is 5.91 Å². The fraction of sp³-hybridized carbons (Fsp3) is 0.500. The number of amides is 1. The number of H-pyrrole nitrogens is 1. The lowest BCUT2D eigenvalue weighted by atomic mass is 10.1. The average Bonchev–Trinajstić information content (AvgIpc) is 3.32. The Hall–Kier alpha value is -2.83. The molecule has 6 heteroatoms. The van der Waals surface area contributed by atoms with Crippen molar-refractivity contribution in [2.75, 3.05) is 51.3 Å². The predicted octanol–water partition coefficient (Wildman–Crippen LogP) is 5.34. The summed E-state index contributed by atoms with van der Waals surface area (Å²) in [5.74, 6) is 1.13. The molecule has 1 aliphatic heterocycles. The molecule has 1 amide bonds. The van der Waals surface area contributed by atoms with Crippen LogP contribution in [0.2, 0.25) is 0 Å². The summed E-state index contributed by atoms with van der Waals surface area (Å²) in [6, 6.07) is 16.7. The molecule has 0 radical (unpaired) electrons. The van der Waals surface area contributed by atoms with Gasteiger partial charge in [0.05, 0.1) is 13.7 Å². The number of piperazine rings is 1. The standard InChI is InChI=1S/C30H42N4O2/c1-4-10-25(5-2)34(26-12-7-6-8-13-26)30(35)23-33-19-17-32(18-20-33)16-9-11-24-22-31-29-15-14-27(36-3)21-28(24)29/h6-8,12-15,21-22,25,31H,4-5,9-11,16-20,23H2,1-3H3. The van der Waals surface area contributed by atoms with Crippen molar-refractivity contribution in [2.24, 2.45) is 0 Å². The van der Waals surface area contributed by atoms with Crippen LogP contribution in [0.1, 0.15) is 45.1 Å². The minimum Gasteiger partial charge on any atom is -0.497 e. The number of carbonyl (C=O) groups excluding carboxylic acids is 1. The molecular weight excluding hydrogens is 448 g/mol. The number of aryl methyl sites for hydroxylation is 1. The molecule has 0 spiro atoms. The van der Waals surface area contributed by atoms with Crippen LogP contribution in [0.5, 0.6) is 5.75 Å². The van der Waals surface area contributed by atoms with E-state index in [-0.39, 0.29) is 11.9 Å². The SMILES string of the molecule is CCCC(CC)N(C(=O)CN1CCN(CCCc2c[nH]c3ccc(OC)cc23)CC1)c1ccccc1. The molecule has 1 atom stereocenters. The number of aromatic amines is 1. The third-order valence-electron chi connectivity index (χ3n) is 7.48. The number of ether oxygens (including phenoxy) is 1. The molecule has 3 aromatic rings. The Balaban J connectivity index is 1.26. The first-order valence-corrected chi connectivity index (χ1v) is 13.6. The summed E-state index contributed by atoms with van der Waals surface area (Å²) in [5, 5.41) is 1.26. The first-order chi connectivity index (χ1) is 17.6. The Labute approximate surface area is 216 Å². The lowest BCUT2D eigenvalue weighted by Gasteiger charge is -2.37. The van der Waals surface area contributed by atoms with Crippen molar-refractivity contribution < 1.29 is 9.53 Å². The lowest BCUT2D eigenvalue weighted by molar-refractivity contribution is -0.120. The number of benzene rings is 2. The Morgan fingerprint density at radius 1 is 1.06 bits per heavy atom. The number of para-hydroxylation sites is 1. The number of hydrogen-bond acceptors (Lipinski definition) is 4. The molecule has 1 aromatic heterocycles. The zero-order valence-electron chi connectivity index (χ0n) is 22.2. The molecule has 6 nitrogen and oxygen atoms in total. The average molecular weight is 491 g/mol. The Bertz CT molecular complexity index is 1090. The number of fused-ring (bicyclic) bond motifs is 1. The van der Waals surface area contributed by atoms with Gasteiger partial charge >= 0.3 is 0 Å². The Morgan fingerprint density at radius 3 is 2.50 bits per heavy atom. The normalized spacial score (nSPS) is 15.8. The molecule has 194 valence electrons. The van der Waals surface area contributed by atoms with Crippen molar-refractivity contribution in [1.82, 2.24) is 14.8 Å². The lowest BCUT2D eigenvalue weighted by Crippen LogP contribution is -2.51. The molecule has 4 rings (SSSR count). The van der Waals surface area contributed by atoms with Gasteiger partial charge in [-0.15, -0.1) is 0 Å². The Morgan fingerprint density at radius 2 is 1.81 bits per heavy atom. The minimum absolute atomic E-state index is 0.227. The molecule has 2 aromatic carbocycles. The smallest absolute Gasteiger partial charge is 0.241 e. The number of carbonyl (C=O) groups is 1. The summed E-state index contributed by atoms with van der Waals surface area (Å²) >= 11 is 0. The third kappa shape index (κ3) is 6.48. The van der Waals surface area contributed by atoms with Crippen molar-refractivity contribution in [3.05, 3.63) is 60.3 Å².